The number of hydrogen-bond donors (Lipinski definition) is 2. The molecular formula is C16H15N3O. The third-order valence-corrected chi connectivity index (χ3v) is 3.22. The van der Waals surface area contributed by atoms with E-state index < -0.39 is 0 Å². The second-order valence-corrected chi connectivity index (χ2v) is 4.81. The number of aromatic nitrogens is 2. The number of amides is 1. The van der Waals surface area contributed by atoms with Gasteiger partial charge in [0.15, 0.2) is 0 Å². The summed E-state index contributed by atoms with van der Waals surface area (Å²) in [5.74, 6) is -0.101. The molecule has 0 aliphatic rings. The molecule has 3 rings (SSSR count). The van der Waals surface area contributed by atoms with Crippen LogP contribution in [0.15, 0.2) is 48.8 Å². The van der Waals surface area contributed by atoms with Crippen LogP contribution in [-0.4, -0.2) is 15.9 Å². The zero-order valence-corrected chi connectivity index (χ0v) is 11.2. The van der Waals surface area contributed by atoms with Crippen molar-refractivity contribution in [3.05, 3.63) is 65.6 Å². The molecule has 0 spiro atoms. The van der Waals surface area contributed by atoms with Crippen molar-refractivity contribution < 1.29 is 4.79 Å². The van der Waals surface area contributed by atoms with E-state index in [0.717, 1.165) is 16.5 Å². The summed E-state index contributed by atoms with van der Waals surface area (Å²) in [5, 5.41) is 3.95. The summed E-state index contributed by atoms with van der Waals surface area (Å²) in [6.45, 7) is 2.53. The number of nitrogens with one attached hydrogen (secondary N) is 2. The number of pyridine rings is 1. The van der Waals surface area contributed by atoms with Crippen LogP contribution in [0.3, 0.4) is 0 Å². The summed E-state index contributed by atoms with van der Waals surface area (Å²) in [6.07, 6.45) is 3.43. The van der Waals surface area contributed by atoms with Crippen molar-refractivity contribution >= 4 is 16.8 Å². The summed E-state index contributed by atoms with van der Waals surface area (Å²) in [7, 11) is 0. The lowest BCUT2D eigenvalue weighted by Gasteiger charge is -2.03. The van der Waals surface area contributed by atoms with Crippen LogP contribution < -0.4 is 5.32 Å². The van der Waals surface area contributed by atoms with Gasteiger partial charge in [-0.25, -0.2) is 0 Å². The van der Waals surface area contributed by atoms with E-state index in [0.29, 0.717) is 12.2 Å². The molecular weight excluding hydrogens is 250 g/mol. The number of aromatic amines is 1. The van der Waals surface area contributed by atoms with Crippen molar-refractivity contribution in [2.75, 3.05) is 0 Å². The number of rotatable bonds is 3. The Labute approximate surface area is 116 Å². The smallest absolute Gasteiger partial charge is 0.267 e. The first-order valence-electron chi connectivity index (χ1n) is 6.49. The third-order valence-electron chi connectivity index (χ3n) is 3.22. The van der Waals surface area contributed by atoms with E-state index in [9.17, 15) is 4.79 Å². The standard InChI is InChI=1S/C16H15N3O/c1-11-2-3-14-13(8-11)9-15(19-14)16(20)18-10-12-4-6-17-7-5-12/h2-9,19H,10H2,1H3,(H,18,20). The molecule has 0 aliphatic carbocycles. The zero-order valence-electron chi connectivity index (χ0n) is 11.2. The molecule has 3 aromatic rings. The molecule has 0 saturated heterocycles. The van der Waals surface area contributed by atoms with Crippen molar-refractivity contribution in [1.29, 1.82) is 0 Å². The minimum atomic E-state index is -0.101. The van der Waals surface area contributed by atoms with Crippen molar-refractivity contribution in [3.63, 3.8) is 0 Å². The van der Waals surface area contributed by atoms with Crippen molar-refractivity contribution in [3.8, 4) is 0 Å². The van der Waals surface area contributed by atoms with Crippen LogP contribution in [-0.2, 0) is 6.54 Å². The molecule has 1 aromatic carbocycles. The van der Waals surface area contributed by atoms with Crippen LogP contribution in [0.2, 0.25) is 0 Å². The average Bonchev–Trinajstić information content (AvgIpc) is 2.89. The molecule has 0 atom stereocenters. The maximum atomic E-state index is 12.1. The molecule has 2 heterocycles. The highest BCUT2D eigenvalue weighted by molar-refractivity contribution is 5.98. The van der Waals surface area contributed by atoms with E-state index in [-0.39, 0.29) is 5.91 Å². The van der Waals surface area contributed by atoms with Gasteiger partial charge in [-0.1, -0.05) is 11.6 Å². The van der Waals surface area contributed by atoms with Crippen LogP contribution in [0, 0.1) is 6.92 Å². The highest BCUT2D eigenvalue weighted by Gasteiger charge is 2.09. The normalized spacial score (nSPS) is 10.7. The number of H-pyrrole nitrogens is 1. The SMILES string of the molecule is Cc1ccc2[nH]c(C(=O)NCc3ccncc3)cc2c1. The van der Waals surface area contributed by atoms with Gasteiger partial charge < -0.3 is 10.3 Å². The Bertz CT molecular complexity index is 747. The van der Waals surface area contributed by atoms with Crippen molar-refractivity contribution in [2.45, 2.75) is 13.5 Å². The number of aryl methyl sites for hydroxylation is 1. The molecule has 0 bridgehead atoms. The molecule has 1 amide bonds. The van der Waals surface area contributed by atoms with Gasteiger partial charge in [0, 0.05) is 29.8 Å². The summed E-state index contributed by atoms with van der Waals surface area (Å²) in [4.78, 5) is 19.2. The van der Waals surface area contributed by atoms with Crippen LogP contribution >= 0.6 is 0 Å². The van der Waals surface area contributed by atoms with Crippen LogP contribution in [0.5, 0.6) is 0 Å². The quantitative estimate of drug-likeness (QED) is 0.765. The topological polar surface area (TPSA) is 57.8 Å². The zero-order chi connectivity index (χ0) is 13.9. The average molecular weight is 265 g/mol. The Balaban J connectivity index is 1.75. The molecule has 4 nitrogen and oxygen atoms in total. The van der Waals surface area contributed by atoms with Gasteiger partial charge in [-0.05, 0) is 42.8 Å². The number of benzene rings is 1. The second kappa shape index (κ2) is 5.17. The first kappa shape index (κ1) is 12.4. The van der Waals surface area contributed by atoms with E-state index in [1.807, 2.05) is 37.3 Å². The molecule has 0 fully saturated rings. The highest BCUT2D eigenvalue weighted by atomic mass is 16.1. The molecule has 0 aliphatic heterocycles. The minimum absolute atomic E-state index is 0.101. The van der Waals surface area contributed by atoms with Gasteiger partial charge in [0.25, 0.3) is 5.91 Å². The number of carbonyl (C=O) groups excluding carboxylic acids is 1. The number of nitrogens with zero attached hydrogens (tertiary/aromatic N) is 1. The number of carbonyl (C=O) groups is 1. The van der Waals surface area contributed by atoms with E-state index >= 15 is 0 Å². The van der Waals surface area contributed by atoms with Crippen molar-refractivity contribution in [2.24, 2.45) is 0 Å². The molecule has 4 heteroatoms. The fourth-order valence-corrected chi connectivity index (χ4v) is 2.15. The largest absolute Gasteiger partial charge is 0.351 e. The first-order chi connectivity index (χ1) is 9.72. The predicted octanol–water partition coefficient (Wildman–Crippen LogP) is 2.80. The molecule has 2 aromatic heterocycles. The van der Waals surface area contributed by atoms with E-state index in [1.165, 1.54) is 5.56 Å². The Kier molecular flexibility index (Phi) is 3.21. The van der Waals surface area contributed by atoms with Crippen molar-refractivity contribution in [1.82, 2.24) is 15.3 Å². The number of hydrogen-bond acceptors (Lipinski definition) is 2. The maximum absolute atomic E-state index is 12.1. The second-order valence-electron chi connectivity index (χ2n) is 4.81. The summed E-state index contributed by atoms with van der Waals surface area (Å²) >= 11 is 0. The fraction of sp³-hybridized carbons (Fsp3) is 0.125. The van der Waals surface area contributed by atoms with Gasteiger partial charge >= 0.3 is 0 Å². The lowest BCUT2D eigenvalue weighted by molar-refractivity contribution is 0.0946. The summed E-state index contributed by atoms with van der Waals surface area (Å²) in [6, 6.07) is 11.7. The lowest BCUT2D eigenvalue weighted by Crippen LogP contribution is -2.23. The molecule has 2 N–H and O–H groups in total. The van der Waals surface area contributed by atoms with Crippen LogP contribution in [0.1, 0.15) is 21.6 Å². The highest BCUT2D eigenvalue weighted by Crippen LogP contribution is 2.16. The maximum Gasteiger partial charge on any atom is 0.267 e. The summed E-state index contributed by atoms with van der Waals surface area (Å²) < 4.78 is 0. The van der Waals surface area contributed by atoms with Crippen LogP contribution in [0.25, 0.3) is 10.9 Å². The van der Waals surface area contributed by atoms with Gasteiger partial charge in [0.05, 0.1) is 0 Å². The van der Waals surface area contributed by atoms with Gasteiger partial charge in [0.2, 0.25) is 0 Å². The van der Waals surface area contributed by atoms with E-state index in [2.05, 4.69) is 21.4 Å². The molecule has 0 radical (unpaired) electrons. The molecule has 100 valence electrons. The van der Waals surface area contributed by atoms with E-state index in [1.54, 1.807) is 12.4 Å². The Hall–Kier alpha value is -2.62. The molecule has 0 unspecified atom stereocenters. The predicted molar refractivity (Wildman–Crippen MR) is 78.4 cm³/mol. The third kappa shape index (κ3) is 2.54. The number of fused-ring (bicyclic) bond motifs is 1. The van der Waals surface area contributed by atoms with Gasteiger partial charge in [0.1, 0.15) is 5.69 Å². The lowest BCUT2D eigenvalue weighted by atomic mass is 10.2. The minimum Gasteiger partial charge on any atom is -0.351 e. The monoisotopic (exact) mass is 265 g/mol. The van der Waals surface area contributed by atoms with Gasteiger partial charge in [-0.2, -0.15) is 0 Å². The van der Waals surface area contributed by atoms with Gasteiger partial charge in [-0.3, -0.25) is 9.78 Å². The van der Waals surface area contributed by atoms with Gasteiger partial charge in [-0.15, -0.1) is 0 Å². The Morgan fingerprint density at radius 1 is 1.20 bits per heavy atom. The van der Waals surface area contributed by atoms with E-state index in [4.69, 9.17) is 0 Å². The molecule has 0 saturated carbocycles. The fourth-order valence-electron chi connectivity index (χ4n) is 2.15. The Morgan fingerprint density at radius 3 is 2.80 bits per heavy atom. The molecule has 20 heavy (non-hydrogen) atoms. The Morgan fingerprint density at radius 2 is 2.00 bits per heavy atom. The summed E-state index contributed by atoms with van der Waals surface area (Å²) in [5.41, 5.74) is 3.77. The van der Waals surface area contributed by atoms with Crippen LogP contribution in [0.4, 0.5) is 0 Å². The first-order valence-corrected chi connectivity index (χ1v) is 6.49.